The number of aromatic amines is 1. The fraction of sp³-hybridized carbons (Fsp3) is 0.0952. The number of halogens is 3. The number of hydrogen-bond donors (Lipinski definition) is 3. The number of imidazole rings is 1. The monoisotopic (exact) mass is 443 g/mol. The molecule has 0 fully saturated rings. The van der Waals surface area contributed by atoms with Crippen LogP contribution in [-0.4, -0.2) is 32.7 Å². The maximum atomic E-state index is 12.5. The van der Waals surface area contributed by atoms with Crippen molar-refractivity contribution in [1.29, 1.82) is 0 Å². The number of amides is 2. The van der Waals surface area contributed by atoms with Crippen molar-refractivity contribution in [3.8, 4) is 22.8 Å². The Kier molecular flexibility index (Phi) is 5.31. The molecule has 0 unspecified atom stereocenters. The van der Waals surface area contributed by atoms with E-state index in [-0.39, 0.29) is 12.3 Å². The molecule has 2 aromatic heterocycles. The minimum Gasteiger partial charge on any atom is -0.408 e. The molecule has 4 rings (SSSR count). The number of nitrogens with one attached hydrogen (secondary N) is 2. The number of para-hydroxylation sites is 1. The van der Waals surface area contributed by atoms with Gasteiger partial charge >= 0.3 is 18.2 Å². The van der Waals surface area contributed by atoms with Gasteiger partial charge in [0.25, 0.3) is 0 Å². The lowest BCUT2D eigenvalue weighted by Crippen LogP contribution is -2.36. The maximum Gasteiger partial charge on any atom is 0.471 e. The molecule has 0 saturated heterocycles. The number of nitrogens with two attached hydrogens (primary N) is 1. The highest BCUT2D eigenvalue weighted by Gasteiger charge is 2.38. The van der Waals surface area contributed by atoms with E-state index in [2.05, 4.69) is 9.97 Å². The predicted octanol–water partition coefficient (Wildman–Crippen LogP) is 3.66. The fourth-order valence-corrected chi connectivity index (χ4v) is 3.22. The highest BCUT2D eigenvalue weighted by Crippen LogP contribution is 2.28. The van der Waals surface area contributed by atoms with Gasteiger partial charge in [0.1, 0.15) is 11.3 Å². The van der Waals surface area contributed by atoms with Gasteiger partial charge < -0.3 is 25.3 Å². The zero-order valence-corrected chi connectivity index (χ0v) is 16.3. The smallest absolute Gasteiger partial charge is 0.408 e. The summed E-state index contributed by atoms with van der Waals surface area (Å²) < 4.78 is 44.0. The Balaban J connectivity index is 1.64. The first-order valence-electron chi connectivity index (χ1n) is 9.30. The summed E-state index contributed by atoms with van der Waals surface area (Å²) >= 11 is 0. The number of fused-ring (bicyclic) bond motifs is 1. The Morgan fingerprint density at radius 2 is 1.91 bits per heavy atom. The second-order valence-electron chi connectivity index (χ2n) is 6.76. The van der Waals surface area contributed by atoms with Gasteiger partial charge in [0.2, 0.25) is 0 Å². The molecule has 2 aromatic carbocycles. The van der Waals surface area contributed by atoms with Crippen molar-refractivity contribution in [2.24, 2.45) is 5.73 Å². The highest BCUT2D eigenvalue weighted by atomic mass is 19.4. The van der Waals surface area contributed by atoms with Crippen LogP contribution in [0.15, 0.2) is 60.8 Å². The summed E-state index contributed by atoms with van der Waals surface area (Å²) in [6.07, 6.45) is -4.23. The van der Waals surface area contributed by atoms with Crippen LogP contribution in [-0.2, 0) is 11.3 Å². The Labute approximate surface area is 178 Å². The van der Waals surface area contributed by atoms with E-state index >= 15 is 0 Å². The summed E-state index contributed by atoms with van der Waals surface area (Å²) in [6.45, 7) is -0.298. The first kappa shape index (κ1) is 21.0. The van der Waals surface area contributed by atoms with Crippen molar-refractivity contribution in [2.45, 2.75) is 12.7 Å². The van der Waals surface area contributed by atoms with Crippen LogP contribution in [0.3, 0.4) is 0 Å². The molecule has 4 N–H and O–H groups in total. The van der Waals surface area contributed by atoms with Crippen LogP contribution in [0.4, 0.5) is 18.0 Å². The molecule has 164 valence electrons. The van der Waals surface area contributed by atoms with Crippen molar-refractivity contribution in [3.05, 3.63) is 66.5 Å². The summed E-state index contributed by atoms with van der Waals surface area (Å²) in [5.74, 6) is -1.31. The first-order valence-corrected chi connectivity index (χ1v) is 9.30. The molecule has 0 atom stereocenters. The lowest BCUT2D eigenvalue weighted by molar-refractivity contribution is -0.173. The molecule has 11 heteroatoms. The van der Waals surface area contributed by atoms with Crippen LogP contribution < -0.4 is 15.8 Å². The molecule has 0 aliphatic carbocycles. The Morgan fingerprint density at radius 1 is 1.12 bits per heavy atom. The van der Waals surface area contributed by atoms with Crippen molar-refractivity contribution >= 4 is 23.0 Å². The van der Waals surface area contributed by atoms with Gasteiger partial charge in [0, 0.05) is 23.1 Å². The standard InChI is InChI=1S/C21H16F3N5O3/c22-21(23,24)19(30)26-11-14-6-3-9-29(14)13-5-1-4-12(10-13)18-27-15-7-2-8-16(17(15)28-18)32-20(25)31/h1-10H,11H2,(H2,25,31)(H,26,30)(H,27,28). The van der Waals surface area contributed by atoms with Crippen LogP contribution >= 0.6 is 0 Å². The number of rotatable bonds is 5. The van der Waals surface area contributed by atoms with Crippen LogP contribution in [0.2, 0.25) is 0 Å². The average molecular weight is 443 g/mol. The molecule has 8 nitrogen and oxygen atoms in total. The van der Waals surface area contributed by atoms with E-state index in [1.165, 1.54) is 0 Å². The molecular weight excluding hydrogens is 427 g/mol. The zero-order valence-electron chi connectivity index (χ0n) is 16.3. The number of carbonyl (C=O) groups is 2. The first-order chi connectivity index (χ1) is 15.2. The van der Waals surface area contributed by atoms with Gasteiger partial charge in [-0.2, -0.15) is 13.2 Å². The third kappa shape index (κ3) is 4.26. The second kappa shape index (κ2) is 8.10. The van der Waals surface area contributed by atoms with Gasteiger partial charge in [-0.15, -0.1) is 0 Å². The zero-order chi connectivity index (χ0) is 22.9. The van der Waals surface area contributed by atoms with E-state index < -0.39 is 18.2 Å². The van der Waals surface area contributed by atoms with Crippen molar-refractivity contribution < 1.29 is 27.5 Å². The summed E-state index contributed by atoms with van der Waals surface area (Å²) in [6, 6.07) is 15.4. The SMILES string of the molecule is NC(=O)Oc1cccc2[nH]c(-c3cccc(-n4cccc4CNC(=O)C(F)(F)F)c3)nc12. The second-order valence-corrected chi connectivity index (χ2v) is 6.76. The minimum atomic E-state index is -4.95. The molecule has 0 spiro atoms. The molecule has 2 heterocycles. The normalized spacial score (nSPS) is 11.5. The Morgan fingerprint density at radius 3 is 2.66 bits per heavy atom. The van der Waals surface area contributed by atoms with Crippen LogP contribution in [0.1, 0.15) is 5.69 Å². The van der Waals surface area contributed by atoms with Crippen molar-refractivity contribution in [2.75, 3.05) is 0 Å². The molecule has 0 aliphatic rings. The number of alkyl halides is 3. The van der Waals surface area contributed by atoms with E-state index in [1.54, 1.807) is 65.4 Å². The number of benzene rings is 2. The summed E-state index contributed by atoms with van der Waals surface area (Å²) in [5.41, 5.74) is 7.94. The molecule has 4 aromatic rings. The van der Waals surface area contributed by atoms with Gasteiger partial charge in [0.05, 0.1) is 12.1 Å². The van der Waals surface area contributed by atoms with Gasteiger partial charge in [0.15, 0.2) is 5.75 Å². The third-order valence-electron chi connectivity index (χ3n) is 4.60. The van der Waals surface area contributed by atoms with Crippen molar-refractivity contribution in [3.63, 3.8) is 0 Å². The third-order valence-corrected chi connectivity index (χ3v) is 4.60. The molecule has 0 aliphatic heterocycles. The molecule has 32 heavy (non-hydrogen) atoms. The average Bonchev–Trinajstić information content (AvgIpc) is 3.38. The quantitative estimate of drug-likeness (QED) is 0.437. The van der Waals surface area contributed by atoms with Crippen LogP contribution in [0.25, 0.3) is 28.1 Å². The van der Waals surface area contributed by atoms with Gasteiger partial charge in [-0.3, -0.25) is 4.79 Å². The van der Waals surface area contributed by atoms with Gasteiger partial charge in [-0.1, -0.05) is 18.2 Å². The summed E-state index contributed by atoms with van der Waals surface area (Å²) in [5, 5.41) is 1.87. The molecular formula is C21H16F3N5O3. The molecule has 0 radical (unpaired) electrons. The van der Waals surface area contributed by atoms with Crippen molar-refractivity contribution in [1.82, 2.24) is 19.9 Å². The Hall–Kier alpha value is -4.28. The van der Waals surface area contributed by atoms with E-state index in [0.29, 0.717) is 33.8 Å². The number of H-pyrrole nitrogens is 1. The molecule has 2 amide bonds. The largest absolute Gasteiger partial charge is 0.471 e. The minimum absolute atomic E-state index is 0.210. The van der Waals surface area contributed by atoms with Crippen LogP contribution in [0.5, 0.6) is 5.75 Å². The van der Waals surface area contributed by atoms with Gasteiger partial charge in [-0.25, -0.2) is 9.78 Å². The number of primary amides is 1. The van der Waals surface area contributed by atoms with Crippen LogP contribution in [0, 0.1) is 0 Å². The summed E-state index contributed by atoms with van der Waals surface area (Å²) in [7, 11) is 0. The number of ether oxygens (including phenoxy) is 1. The van der Waals surface area contributed by atoms with Gasteiger partial charge in [-0.05, 0) is 36.4 Å². The van der Waals surface area contributed by atoms with E-state index in [0.717, 1.165) is 0 Å². The van der Waals surface area contributed by atoms with E-state index in [4.69, 9.17) is 10.5 Å². The molecule has 0 bridgehead atoms. The van der Waals surface area contributed by atoms with E-state index in [1.807, 2.05) is 5.32 Å². The number of nitrogens with zero attached hydrogens (tertiary/aromatic N) is 2. The predicted molar refractivity (Wildman–Crippen MR) is 109 cm³/mol. The molecule has 0 saturated carbocycles. The number of hydrogen-bond acceptors (Lipinski definition) is 4. The summed E-state index contributed by atoms with van der Waals surface area (Å²) in [4.78, 5) is 29.9. The number of aromatic nitrogens is 3. The fourth-order valence-electron chi connectivity index (χ4n) is 3.22. The highest BCUT2D eigenvalue weighted by molar-refractivity contribution is 5.87. The maximum absolute atomic E-state index is 12.5. The lowest BCUT2D eigenvalue weighted by Gasteiger charge is -2.12. The topological polar surface area (TPSA) is 115 Å². The lowest BCUT2D eigenvalue weighted by atomic mass is 10.2. The number of carbonyl (C=O) groups excluding carboxylic acids is 2. The Bertz CT molecular complexity index is 1310. The van der Waals surface area contributed by atoms with E-state index in [9.17, 15) is 22.8 Å².